The van der Waals surface area contributed by atoms with Crippen LogP contribution >= 0.6 is 23.2 Å². The van der Waals surface area contributed by atoms with Crippen molar-refractivity contribution in [2.75, 3.05) is 13.3 Å². The van der Waals surface area contributed by atoms with E-state index in [1.165, 1.54) is 44.9 Å². The lowest BCUT2D eigenvalue weighted by Crippen LogP contribution is -2.34. The second-order valence-corrected chi connectivity index (χ2v) is 10.0. The molecule has 0 amide bonds. The molecule has 3 aromatic rings. The van der Waals surface area contributed by atoms with Gasteiger partial charge in [0.1, 0.15) is 11.8 Å². The monoisotopic (exact) mass is 550 g/mol. The summed E-state index contributed by atoms with van der Waals surface area (Å²) in [5.41, 5.74) is 1.36. The fourth-order valence-electron chi connectivity index (χ4n) is 3.97. The summed E-state index contributed by atoms with van der Waals surface area (Å²) in [4.78, 5) is 4.35. The Morgan fingerprint density at radius 2 is 1.68 bits per heavy atom. The number of H-pyrrole nitrogens is 1. The number of unbranched alkanes of at least 4 members (excludes halogenated alkanes) is 8. The summed E-state index contributed by atoms with van der Waals surface area (Å²) in [6.07, 6.45) is 14.6. The minimum absolute atomic E-state index is 0.186. The van der Waals surface area contributed by atoms with Gasteiger partial charge in [0.2, 0.25) is 5.88 Å². The molecule has 0 aliphatic carbocycles. The van der Waals surface area contributed by atoms with Crippen molar-refractivity contribution in [2.24, 2.45) is 4.99 Å². The van der Waals surface area contributed by atoms with Crippen LogP contribution in [-0.2, 0) is 4.74 Å². The Kier molecular flexibility index (Phi) is 13.1. The van der Waals surface area contributed by atoms with Gasteiger partial charge in [-0.2, -0.15) is 0 Å². The van der Waals surface area contributed by atoms with Crippen molar-refractivity contribution >= 4 is 35.2 Å². The van der Waals surface area contributed by atoms with Crippen LogP contribution < -0.4 is 10.1 Å². The SMILES string of the molecule is CCCCCCCCCCC(NCOc1[nH]n2c(-c3ccc(Cl)cc3)nnc2c1Cl)OC=NCCCC. The van der Waals surface area contributed by atoms with Crippen molar-refractivity contribution in [1.29, 1.82) is 0 Å². The van der Waals surface area contributed by atoms with Crippen LogP contribution in [0, 0.1) is 0 Å². The van der Waals surface area contributed by atoms with Crippen molar-refractivity contribution in [3.63, 3.8) is 0 Å². The standard InChI is InChI=1S/C27H40Cl2N6O2/c1-3-5-7-8-9-10-11-12-13-23(36-19-30-18-6-4-2)31-20-37-27-24(29)26-33-32-25(35(26)34-27)21-14-16-22(28)17-15-21/h14-17,19,23,31,34H,3-13,18,20H2,1-2H3. The van der Waals surface area contributed by atoms with E-state index >= 15 is 0 Å². The van der Waals surface area contributed by atoms with E-state index in [1.54, 1.807) is 10.9 Å². The average molecular weight is 552 g/mol. The quantitative estimate of drug-likeness (QED) is 0.0691. The van der Waals surface area contributed by atoms with Crippen LogP contribution in [0.4, 0.5) is 0 Å². The van der Waals surface area contributed by atoms with Gasteiger partial charge >= 0.3 is 0 Å². The predicted molar refractivity (Wildman–Crippen MR) is 152 cm³/mol. The first kappa shape index (κ1) is 29.3. The number of aromatic nitrogens is 4. The van der Waals surface area contributed by atoms with Crippen LogP contribution in [0.25, 0.3) is 17.0 Å². The predicted octanol–water partition coefficient (Wildman–Crippen LogP) is 7.66. The molecule has 0 radical (unpaired) electrons. The van der Waals surface area contributed by atoms with E-state index < -0.39 is 0 Å². The van der Waals surface area contributed by atoms with Gasteiger partial charge in [-0.15, -0.1) is 10.2 Å². The summed E-state index contributed by atoms with van der Waals surface area (Å²) in [7, 11) is 0. The third kappa shape index (κ3) is 9.51. The molecule has 37 heavy (non-hydrogen) atoms. The Hall–Kier alpha value is -2.29. The summed E-state index contributed by atoms with van der Waals surface area (Å²) in [5, 5.41) is 15.9. The fourth-order valence-corrected chi connectivity index (χ4v) is 4.32. The lowest BCUT2D eigenvalue weighted by atomic mass is 10.1. The minimum atomic E-state index is -0.186. The number of aliphatic imine (C=N–C) groups is 1. The molecule has 3 rings (SSSR count). The second kappa shape index (κ2) is 16.5. The minimum Gasteiger partial charge on any atom is -0.465 e. The number of rotatable bonds is 19. The van der Waals surface area contributed by atoms with Crippen molar-refractivity contribution in [2.45, 2.75) is 90.7 Å². The highest BCUT2D eigenvalue weighted by Crippen LogP contribution is 2.30. The molecule has 0 bridgehead atoms. The summed E-state index contributed by atoms with van der Waals surface area (Å²) in [6, 6.07) is 7.37. The van der Waals surface area contributed by atoms with Crippen LogP contribution in [0.3, 0.4) is 0 Å². The first-order valence-corrected chi connectivity index (χ1v) is 14.3. The molecule has 1 aromatic carbocycles. The van der Waals surface area contributed by atoms with E-state index in [2.05, 4.69) is 39.5 Å². The van der Waals surface area contributed by atoms with Crippen molar-refractivity contribution < 1.29 is 9.47 Å². The molecular formula is C27H40Cl2N6O2. The number of fused-ring (bicyclic) bond motifs is 1. The Bertz CT molecular complexity index is 1070. The summed E-state index contributed by atoms with van der Waals surface area (Å²) >= 11 is 12.5. The lowest BCUT2D eigenvalue weighted by Gasteiger charge is -2.18. The number of nitrogens with zero attached hydrogens (tertiary/aromatic N) is 4. The maximum Gasteiger partial charge on any atom is 0.230 e. The van der Waals surface area contributed by atoms with Gasteiger partial charge in [-0.05, 0) is 43.5 Å². The van der Waals surface area contributed by atoms with Crippen molar-refractivity contribution in [3.8, 4) is 17.3 Å². The maximum atomic E-state index is 6.51. The third-order valence-corrected chi connectivity index (χ3v) is 6.75. The van der Waals surface area contributed by atoms with E-state index in [0.717, 1.165) is 37.8 Å². The van der Waals surface area contributed by atoms with Gasteiger partial charge in [0, 0.05) is 17.1 Å². The molecule has 1 atom stereocenters. The van der Waals surface area contributed by atoms with Crippen molar-refractivity contribution in [3.05, 3.63) is 34.3 Å². The first-order chi connectivity index (χ1) is 18.1. The molecule has 0 saturated carbocycles. The van der Waals surface area contributed by atoms with E-state index in [0.29, 0.717) is 27.4 Å². The Balaban J connectivity index is 1.51. The Morgan fingerprint density at radius 1 is 0.973 bits per heavy atom. The van der Waals surface area contributed by atoms with Gasteiger partial charge in [-0.1, -0.05) is 88.4 Å². The van der Waals surface area contributed by atoms with Gasteiger partial charge in [0.15, 0.2) is 24.1 Å². The third-order valence-electron chi connectivity index (χ3n) is 6.16. The van der Waals surface area contributed by atoms with Crippen LogP contribution in [0.15, 0.2) is 29.3 Å². The zero-order valence-corrected chi connectivity index (χ0v) is 23.5. The van der Waals surface area contributed by atoms with Crippen LogP contribution in [0.5, 0.6) is 5.88 Å². The van der Waals surface area contributed by atoms with Crippen LogP contribution in [0.2, 0.25) is 10.0 Å². The first-order valence-electron chi connectivity index (χ1n) is 13.5. The molecular weight excluding hydrogens is 511 g/mol. The normalized spacial score (nSPS) is 12.5. The van der Waals surface area contributed by atoms with Crippen LogP contribution in [-0.4, -0.2) is 45.7 Å². The summed E-state index contributed by atoms with van der Waals surface area (Å²) in [5.74, 6) is 1.03. The molecule has 204 valence electrons. The van der Waals surface area contributed by atoms with Gasteiger partial charge in [0.05, 0.1) is 0 Å². The van der Waals surface area contributed by atoms with Gasteiger partial charge in [0.25, 0.3) is 0 Å². The van der Waals surface area contributed by atoms with Crippen molar-refractivity contribution in [1.82, 2.24) is 25.1 Å². The Labute approximate surface area is 230 Å². The molecule has 2 N–H and O–H groups in total. The lowest BCUT2D eigenvalue weighted by molar-refractivity contribution is 0.111. The second-order valence-electron chi connectivity index (χ2n) is 9.19. The average Bonchev–Trinajstić information content (AvgIpc) is 3.45. The van der Waals surface area contributed by atoms with E-state index in [9.17, 15) is 0 Å². The van der Waals surface area contributed by atoms with E-state index in [1.807, 2.05) is 24.3 Å². The molecule has 2 heterocycles. The van der Waals surface area contributed by atoms with E-state index in [-0.39, 0.29) is 13.0 Å². The number of benzene rings is 1. The number of aromatic amines is 1. The fraction of sp³-hybridized carbons (Fsp3) is 0.593. The molecule has 2 aromatic heterocycles. The van der Waals surface area contributed by atoms with E-state index in [4.69, 9.17) is 32.7 Å². The molecule has 1 unspecified atom stereocenters. The number of nitrogens with one attached hydrogen (secondary N) is 2. The highest BCUT2D eigenvalue weighted by atomic mass is 35.5. The summed E-state index contributed by atoms with van der Waals surface area (Å²) < 4.78 is 13.5. The summed E-state index contributed by atoms with van der Waals surface area (Å²) in [6.45, 7) is 5.40. The molecule has 0 fully saturated rings. The molecule has 0 spiro atoms. The topological polar surface area (TPSA) is 88.8 Å². The zero-order chi connectivity index (χ0) is 26.3. The Morgan fingerprint density at radius 3 is 2.41 bits per heavy atom. The number of ether oxygens (including phenoxy) is 2. The zero-order valence-electron chi connectivity index (χ0n) is 22.0. The smallest absolute Gasteiger partial charge is 0.230 e. The molecule has 0 aliphatic heterocycles. The number of hydrogen-bond donors (Lipinski definition) is 2. The largest absolute Gasteiger partial charge is 0.465 e. The highest BCUT2D eigenvalue weighted by Gasteiger charge is 2.18. The molecule has 8 nitrogen and oxygen atoms in total. The maximum absolute atomic E-state index is 6.51. The number of hydrogen-bond acceptors (Lipinski definition) is 6. The van der Waals surface area contributed by atoms with Gasteiger partial charge in [-0.3, -0.25) is 10.1 Å². The van der Waals surface area contributed by atoms with Gasteiger partial charge in [-0.25, -0.2) is 9.83 Å². The van der Waals surface area contributed by atoms with Gasteiger partial charge < -0.3 is 9.47 Å². The molecule has 10 heteroatoms. The van der Waals surface area contributed by atoms with Crippen LogP contribution in [0.1, 0.15) is 84.5 Å². The molecule has 0 aliphatic rings. The number of halogens is 2. The molecule has 0 saturated heterocycles. The highest BCUT2D eigenvalue weighted by molar-refractivity contribution is 6.34.